The number of nitrogens with zero attached hydrogens (tertiary/aromatic N) is 2. The predicted octanol–water partition coefficient (Wildman–Crippen LogP) is 3.86. The highest BCUT2D eigenvalue weighted by Crippen LogP contribution is 2.31. The molecule has 1 aromatic carbocycles. The Kier molecular flexibility index (Phi) is 3.95. The molecule has 0 radical (unpaired) electrons. The number of rotatable bonds is 5. The van der Waals surface area contributed by atoms with Crippen LogP contribution in [0.15, 0.2) is 30.5 Å². The van der Waals surface area contributed by atoms with Gasteiger partial charge in [0, 0.05) is 22.8 Å². The van der Waals surface area contributed by atoms with Crippen LogP contribution in [0, 0.1) is 6.92 Å². The van der Waals surface area contributed by atoms with E-state index in [1.54, 1.807) is 6.20 Å². The third-order valence-corrected chi connectivity index (χ3v) is 4.65. The van der Waals surface area contributed by atoms with Crippen LogP contribution in [0.4, 0.5) is 0 Å². The van der Waals surface area contributed by atoms with Crippen molar-refractivity contribution < 1.29 is 4.79 Å². The normalized spacial score (nSPS) is 11.5. The summed E-state index contributed by atoms with van der Waals surface area (Å²) in [7, 11) is 0. The van der Waals surface area contributed by atoms with Crippen molar-refractivity contribution in [3.8, 4) is 11.3 Å². The van der Waals surface area contributed by atoms with Gasteiger partial charge < -0.3 is 15.7 Å². The van der Waals surface area contributed by atoms with Gasteiger partial charge in [-0.25, -0.2) is 9.97 Å². The monoisotopic (exact) mass is 347 g/mol. The van der Waals surface area contributed by atoms with E-state index in [0.717, 1.165) is 52.8 Å². The van der Waals surface area contributed by atoms with Crippen LogP contribution in [0.5, 0.6) is 0 Å². The zero-order valence-electron chi connectivity index (χ0n) is 14.9. The molecule has 0 aliphatic rings. The topological polar surface area (TPSA) is 100 Å². The molecule has 4 N–H and O–H groups in total. The molecule has 0 fully saturated rings. The van der Waals surface area contributed by atoms with Crippen molar-refractivity contribution in [1.82, 2.24) is 19.9 Å². The summed E-state index contributed by atoms with van der Waals surface area (Å²) in [5, 5.41) is 1.13. The number of benzene rings is 1. The van der Waals surface area contributed by atoms with E-state index in [9.17, 15) is 4.79 Å². The van der Waals surface area contributed by atoms with Gasteiger partial charge in [-0.05, 0) is 25.8 Å². The fourth-order valence-corrected chi connectivity index (χ4v) is 3.38. The first-order valence-electron chi connectivity index (χ1n) is 8.85. The molecule has 0 unspecified atom stereocenters. The molecule has 0 bridgehead atoms. The van der Waals surface area contributed by atoms with Gasteiger partial charge in [0.2, 0.25) is 0 Å². The van der Waals surface area contributed by atoms with E-state index in [4.69, 9.17) is 15.7 Å². The van der Waals surface area contributed by atoms with Crippen molar-refractivity contribution in [2.75, 3.05) is 0 Å². The van der Waals surface area contributed by atoms with Gasteiger partial charge in [0.1, 0.15) is 5.52 Å². The average molecular weight is 347 g/mol. The number of hydrogen-bond donors (Lipinski definition) is 3. The lowest BCUT2D eigenvalue weighted by molar-refractivity contribution is 0.100. The fourth-order valence-electron chi connectivity index (χ4n) is 3.38. The van der Waals surface area contributed by atoms with E-state index in [2.05, 4.69) is 29.0 Å². The highest BCUT2D eigenvalue weighted by Gasteiger charge is 2.18. The van der Waals surface area contributed by atoms with Gasteiger partial charge in [-0.1, -0.05) is 31.5 Å². The van der Waals surface area contributed by atoms with Crippen LogP contribution in [-0.4, -0.2) is 25.8 Å². The second-order valence-corrected chi connectivity index (χ2v) is 6.61. The molecular weight excluding hydrogens is 326 g/mol. The molecule has 3 aromatic heterocycles. The molecule has 4 aromatic rings. The summed E-state index contributed by atoms with van der Waals surface area (Å²) in [4.78, 5) is 27.8. The van der Waals surface area contributed by atoms with E-state index in [1.165, 1.54) is 0 Å². The largest absolute Gasteiger partial charge is 0.365 e. The molecule has 6 heteroatoms. The van der Waals surface area contributed by atoms with Gasteiger partial charge in [0.15, 0.2) is 5.65 Å². The molecule has 26 heavy (non-hydrogen) atoms. The number of H-pyrrole nitrogens is 2. The molecule has 4 rings (SSSR count). The van der Waals surface area contributed by atoms with E-state index in [1.807, 2.05) is 19.1 Å². The number of aromatic amines is 2. The van der Waals surface area contributed by atoms with Crippen molar-refractivity contribution >= 4 is 28.0 Å². The van der Waals surface area contributed by atoms with Gasteiger partial charge in [0.25, 0.3) is 5.91 Å². The number of aromatic nitrogens is 4. The maximum Gasteiger partial charge on any atom is 0.252 e. The number of para-hydroxylation sites is 1. The number of primary amides is 1. The van der Waals surface area contributed by atoms with Crippen LogP contribution in [0.1, 0.15) is 41.5 Å². The summed E-state index contributed by atoms with van der Waals surface area (Å²) in [6.45, 7) is 4.19. The van der Waals surface area contributed by atoms with Crippen molar-refractivity contribution in [2.24, 2.45) is 5.73 Å². The quantitative estimate of drug-likeness (QED) is 0.511. The third kappa shape index (κ3) is 2.63. The number of amides is 1. The number of fused-ring (bicyclic) bond motifs is 2. The van der Waals surface area contributed by atoms with E-state index < -0.39 is 5.91 Å². The van der Waals surface area contributed by atoms with Crippen LogP contribution in [0.2, 0.25) is 0 Å². The number of unbranched alkanes of at least 4 members (excludes halogenated alkanes) is 1. The maximum atomic E-state index is 11.7. The maximum absolute atomic E-state index is 11.7. The van der Waals surface area contributed by atoms with E-state index in [-0.39, 0.29) is 0 Å². The lowest BCUT2D eigenvalue weighted by atomic mass is 10.0. The van der Waals surface area contributed by atoms with Crippen LogP contribution in [-0.2, 0) is 6.42 Å². The van der Waals surface area contributed by atoms with Crippen molar-refractivity contribution in [1.29, 1.82) is 0 Å². The SMILES string of the molecule is CCCCc1nc2[nH]cc(C(N)=O)c2nc1-c1cccc2cc(C)[nH]c12. The molecule has 3 heterocycles. The lowest BCUT2D eigenvalue weighted by Crippen LogP contribution is -2.11. The first kappa shape index (κ1) is 16.3. The minimum Gasteiger partial charge on any atom is -0.365 e. The highest BCUT2D eigenvalue weighted by molar-refractivity contribution is 6.04. The zero-order chi connectivity index (χ0) is 18.3. The smallest absolute Gasteiger partial charge is 0.252 e. The Labute approximate surface area is 150 Å². The van der Waals surface area contributed by atoms with Crippen molar-refractivity contribution in [2.45, 2.75) is 33.1 Å². The van der Waals surface area contributed by atoms with Crippen molar-refractivity contribution in [3.63, 3.8) is 0 Å². The fraction of sp³-hybridized carbons (Fsp3) is 0.250. The Hall–Kier alpha value is -3.15. The second-order valence-electron chi connectivity index (χ2n) is 6.61. The van der Waals surface area contributed by atoms with E-state index >= 15 is 0 Å². The summed E-state index contributed by atoms with van der Waals surface area (Å²) >= 11 is 0. The second kappa shape index (κ2) is 6.29. The average Bonchev–Trinajstić information content (AvgIpc) is 3.20. The molecule has 6 nitrogen and oxygen atoms in total. The summed E-state index contributed by atoms with van der Waals surface area (Å²) in [6.07, 6.45) is 4.51. The standard InChI is InChI=1S/C20H21N5O/c1-3-4-8-15-17(13-7-5-6-12-9-11(2)23-16(12)13)25-18-14(19(21)26)10-22-20(18)24-15/h5-7,9-10,23H,3-4,8H2,1-2H3,(H2,21,26)(H,22,24). The molecule has 0 spiro atoms. The first-order chi connectivity index (χ1) is 12.6. The van der Waals surface area contributed by atoms with Gasteiger partial charge in [-0.15, -0.1) is 0 Å². The molecule has 0 saturated heterocycles. The van der Waals surface area contributed by atoms with E-state index in [0.29, 0.717) is 16.7 Å². The molecular formula is C20H21N5O. The molecule has 0 atom stereocenters. The zero-order valence-corrected chi connectivity index (χ0v) is 14.9. The molecule has 0 aliphatic heterocycles. The molecule has 1 amide bonds. The Morgan fingerprint density at radius 3 is 2.88 bits per heavy atom. The van der Waals surface area contributed by atoms with Gasteiger partial charge in [-0.3, -0.25) is 4.79 Å². The summed E-state index contributed by atoms with van der Waals surface area (Å²) in [5.74, 6) is -0.508. The minimum atomic E-state index is -0.508. The molecule has 0 aliphatic carbocycles. The minimum absolute atomic E-state index is 0.366. The van der Waals surface area contributed by atoms with Crippen LogP contribution in [0.25, 0.3) is 33.3 Å². The number of carbonyl (C=O) groups excluding carboxylic acids is 1. The predicted molar refractivity (Wildman–Crippen MR) is 103 cm³/mol. The van der Waals surface area contributed by atoms with Crippen LogP contribution < -0.4 is 5.73 Å². The first-order valence-corrected chi connectivity index (χ1v) is 8.85. The molecule has 0 saturated carbocycles. The van der Waals surface area contributed by atoms with Gasteiger partial charge >= 0.3 is 0 Å². The summed E-state index contributed by atoms with van der Waals surface area (Å²) in [5.41, 5.74) is 11.8. The summed E-state index contributed by atoms with van der Waals surface area (Å²) in [6, 6.07) is 8.25. The number of aryl methyl sites for hydroxylation is 2. The molecule has 132 valence electrons. The number of nitrogens with two attached hydrogens (primary N) is 1. The van der Waals surface area contributed by atoms with Gasteiger partial charge in [0.05, 0.1) is 22.5 Å². The number of carbonyl (C=O) groups is 1. The highest BCUT2D eigenvalue weighted by atomic mass is 16.1. The lowest BCUT2D eigenvalue weighted by Gasteiger charge is -2.10. The Morgan fingerprint density at radius 1 is 1.27 bits per heavy atom. The third-order valence-electron chi connectivity index (χ3n) is 4.65. The van der Waals surface area contributed by atoms with Crippen LogP contribution in [0.3, 0.4) is 0 Å². The Balaban J connectivity index is 2.01. The summed E-state index contributed by atoms with van der Waals surface area (Å²) < 4.78 is 0. The van der Waals surface area contributed by atoms with Crippen molar-refractivity contribution in [3.05, 3.63) is 47.4 Å². The van der Waals surface area contributed by atoms with Crippen LogP contribution >= 0.6 is 0 Å². The number of hydrogen-bond acceptors (Lipinski definition) is 3. The number of nitrogens with one attached hydrogen (secondary N) is 2. The Bertz CT molecular complexity index is 1120. The van der Waals surface area contributed by atoms with Gasteiger partial charge in [-0.2, -0.15) is 0 Å². The Morgan fingerprint density at radius 2 is 2.12 bits per heavy atom.